The van der Waals surface area contributed by atoms with E-state index in [0.29, 0.717) is 5.02 Å². The first-order valence-corrected chi connectivity index (χ1v) is 6.44. The summed E-state index contributed by atoms with van der Waals surface area (Å²) in [7, 11) is 0. The third-order valence-electron chi connectivity index (χ3n) is 2.63. The number of pyridine rings is 1. The number of nitrogens with zero attached hydrogens (tertiary/aromatic N) is 3. The number of rotatable bonds is 2. The zero-order valence-corrected chi connectivity index (χ0v) is 11.7. The number of hydrogen-bond donors (Lipinski definition) is 1. The van der Waals surface area contributed by atoms with Crippen LogP contribution in [0.3, 0.4) is 0 Å². The van der Waals surface area contributed by atoms with Crippen LogP contribution in [0.2, 0.25) is 10.0 Å². The van der Waals surface area contributed by atoms with E-state index in [1.165, 1.54) is 24.4 Å². The van der Waals surface area contributed by atoms with Gasteiger partial charge >= 0.3 is 0 Å². The van der Waals surface area contributed by atoms with Gasteiger partial charge < -0.3 is 9.63 Å². The molecule has 5 nitrogen and oxygen atoms in total. The number of halogens is 3. The molecule has 0 aliphatic heterocycles. The van der Waals surface area contributed by atoms with E-state index < -0.39 is 5.82 Å². The summed E-state index contributed by atoms with van der Waals surface area (Å²) in [6, 6.07) is 5.09. The molecule has 0 radical (unpaired) electrons. The smallest absolute Gasteiger partial charge is 0.261 e. The van der Waals surface area contributed by atoms with Crippen LogP contribution in [0.25, 0.3) is 23.0 Å². The Balaban J connectivity index is 2.03. The molecule has 2 heterocycles. The largest absolute Gasteiger partial charge is 0.508 e. The zero-order chi connectivity index (χ0) is 15.0. The first kappa shape index (κ1) is 13.8. The fourth-order valence-corrected chi connectivity index (χ4v) is 2.15. The molecule has 3 rings (SSSR count). The summed E-state index contributed by atoms with van der Waals surface area (Å²) in [6.45, 7) is 0. The molecule has 0 fully saturated rings. The molecule has 0 aliphatic rings. The highest BCUT2D eigenvalue weighted by molar-refractivity contribution is 6.35. The lowest BCUT2D eigenvalue weighted by atomic mass is 10.2. The number of phenols is 1. The van der Waals surface area contributed by atoms with Crippen molar-refractivity contribution in [2.75, 3.05) is 0 Å². The van der Waals surface area contributed by atoms with Gasteiger partial charge in [-0.25, -0.2) is 9.37 Å². The first-order valence-electron chi connectivity index (χ1n) is 5.68. The normalized spacial score (nSPS) is 10.8. The maximum Gasteiger partial charge on any atom is 0.261 e. The van der Waals surface area contributed by atoms with Crippen LogP contribution in [-0.4, -0.2) is 20.2 Å². The van der Waals surface area contributed by atoms with E-state index >= 15 is 0 Å². The quantitative estimate of drug-likeness (QED) is 0.772. The topological polar surface area (TPSA) is 72.0 Å². The van der Waals surface area contributed by atoms with Gasteiger partial charge in [-0.3, -0.25) is 0 Å². The van der Waals surface area contributed by atoms with E-state index in [0.717, 1.165) is 6.07 Å². The lowest BCUT2D eigenvalue weighted by molar-refractivity contribution is 0.428. The average Bonchev–Trinajstić information content (AvgIpc) is 2.87. The van der Waals surface area contributed by atoms with Gasteiger partial charge in [0.15, 0.2) is 0 Å². The summed E-state index contributed by atoms with van der Waals surface area (Å²) in [4.78, 5) is 8.05. The summed E-state index contributed by atoms with van der Waals surface area (Å²) in [5.41, 5.74) is 0.340. The molecular weight excluding hydrogens is 320 g/mol. The fraction of sp³-hybridized carbons (Fsp3) is 0. The van der Waals surface area contributed by atoms with Gasteiger partial charge in [-0.1, -0.05) is 28.4 Å². The summed E-state index contributed by atoms with van der Waals surface area (Å²) in [5.74, 6) is -0.812. The number of aromatic hydroxyl groups is 1. The fourth-order valence-electron chi connectivity index (χ4n) is 1.69. The minimum atomic E-state index is -0.680. The second-order valence-electron chi connectivity index (χ2n) is 4.07. The van der Waals surface area contributed by atoms with Gasteiger partial charge in [0.05, 0.1) is 15.6 Å². The van der Waals surface area contributed by atoms with Crippen LogP contribution in [0.5, 0.6) is 5.75 Å². The van der Waals surface area contributed by atoms with Gasteiger partial charge in [-0.05, 0) is 18.2 Å². The van der Waals surface area contributed by atoms with Crippen molar-refractivity contribution < 1.29 is 14.0 Å². The number of aromatic nitrogens is 3. The summed E-state index contributed by atoms with van der Waals surface area (Å²) in [5, 5.41) is 13.5. The van der Waals surface area contributed by atoms with Crippen molar-refractivity contribution in [2.24, 2.45) is 0 Å². The Hall–Kier alpha value is -2.18. The second-order valence-corrected chi connectivity index (χ2v) is 4.91. The molecule has 0 unspecified atom stereocenters. The molecule has 0 saturated heterocycles. The van der Waals surface area contributed by atoms with E-state index in [1.807, 2.05) is 0 Å². The van der Waals surface area contributed by atoms with Gasteiger partial charge in [-0.2, -0.15) is 4.98 Å². The van der Waals surface area contributed by atoms with Crippen LogP contribution in [0, 0.1) is 5.82 Å². The van der Waals surface area contributed by atoms with Crippen LogP contribution in [0.15, 0.2) is 35.0 Å². The molecule has 0 amide bonds. The Morgan fingerprint density at radius 1 is 1.19 bits per heavy atom. The van der Waals surface area contributed by atoms with Crippen molar-refractivity contribution in [1.29, 1.82) is 0 Å². The maximum absolute atomic E-state index is 13.7. The highest BCUT2D eigenvalue weighted by Gasteiger charge is 2.17. The molecular formula is C13H6Cl2FN3O2. The van der Waals surface area contributed by atoms with E-state index in [-0.39, 0.29) is 33.7 Å². The molecule has 1 aromatic carbocycles. The van der Waals surface area contributed by atoms with Gasteiger partial charge in [0.25, 0.3) is 5.89 Å². The Morgan fingerprint density at radius 2 is 2.00 bits per heavy atom. The minimum Gasteiger partial charge on any atom is -0.508 e. The Labute approximate surface area is 128 Å². The molecule has 0 bridgehead atoms. The minimum absolute atomic E-state index is 0.0460. The Bertz CT molecular complexity index is 757. The van der Waals surface area contributed by atoms with Crippen molar-refractivity contribution in [3.05, 3.63) is 46.3 Å². The third kappa shape index (κ3) is 2.68. The molecule has 1 N–H and O–H groups in total. The van der Waals surface area contributed by atoms with Crippen LogP contribution in [0.1, 0.15) is 0 Å². The summed E-state index contributed by atoms with van der Waals surface area (Å²) >= 11 is 11.8. The van der Waals surface area contributed by atoms with Crippen molar-refractivity contribution in [3.8, 4) is 28.7 Å². The summed E-state index contributed by atoms with van der Waals surface area (Å²) in [6.07, 6.45) is 1.39. The van der Waals surface area contributed by atoms with E-state index in [1.54, 1.807) is 0 Å². The number of hydrogen-bond acceptors (Lipinski definition) is 5. The van der Waals surface area contributed by atoms with Crippen molar-refractivity contribution >= 4 is 23.2 Å². The molecule has 3 aromatic rings. The van der Waals surface area contributed by atoms with Crippen LogP contribution < -0.4 is 0 Å². The second kappa shape index (κ2) is 5.31. The Morgan fingerprint density at radius 3 is 2.71 bits per heavy atom. The lowest BCUT2D eigenvalue weighted by Crippen LogP contribution is -1.88. The SMILES string of the molecule is Oc1ccc(-c2nc(-c3ncc(Cl)cc3Cl)no2)c(F)c1. The van der Waals surface area contributed by atoms with Crippen molar-refractivity contribution in [1.82, 2.24) is 15.1 Å². The van der Waals surface area contributed by atoms with E-state index in [2.05, 4.69) is 15.1 Å². The molecule has 106 valence electrons. The van der Waals surface area contributed by atoms with Crippen LogP contribution in [-0.2, 0) is 0 Å². The maximum atomic E-state index is 13.7. The van der Waals surface area contributed by atoms with Gasteiger partial charge in [0.2, 0.25) is 5.82 Å². The molecule has 0 saturated carbocycles. The number of benzene rings is 1. The average molecular weight is 326 g/mol. The van der Waals surface area contributed by atoms with E-state index in [4.69, 9.17) is 27.7 Å². The standard InChI is InChI=1S/C13H6Cl2FN3O2/c14-6-3-9(15)11(17-5-6)12-18-13(21-19-12)8-2-1-7(20)4-10(8)16/h1-5,20H. The molecule has 0 aliphatic carbocycles. The molecule has 0 spiro atoms. The molecule has 0 atom stereocenters. The van der Waals surface area contributed by atoms with Crippen molar-refractivity contribution in [3.63, 3.8) is 0 Å². The molecule has 2 aromatic heterocycles. The van der Waals surface area contributed by atoms with Crippen LogP contribution in [0.4, 0.5) is 4.39 Å². The first-order chi connectivity index (χ1) is 10.0. The predicted octanol–water partition coefficient (Wildman–Crippen LogP) is 3.95. The van der Waals surface area contributed by atoms with Crippen LogP contribution >= 0.6 is 23.2 Å². The Kier molecular flexibility index (Phi) is 3.48. The van der Waals surface area contributed by atoms with Gasteiger partial charge in [0, 0.05) is 12.3 Å². The van der Waals surface area contributed by atoms with Crippen molar-refractivity contribution in [2.45, 2.75) is 0 Å². The zero-order valence-electron chi connectivity index (χ0n) is 10.2. The highest BCUT2D eigenvalue weighted by Crippen LogP contribution is 2.29. The van der Waals surface area contributed by atoms with Gasteiger partial charge in [-0.15, -0.1) is 0 Å². The number of phenolic OH excluding ortho intramolecular Hbond substituents is 1. The summed E-state index contributed by atoms with van der Waals surface area (Å²) < 4.78 is 18.7. The molecule has 8 heteroatoms. The third-order valence-corrected chi connectivity index (χ3v) is 3.12. The molecule has 21 heavy (non-hydrogen) atoms. The predicted molar refractivity (Wildman–Crippen MR) is 74.6 cm³/mol. The lowest BCUT2D eigenvalue weighted by Gasteiger charge is -1.98. The highest BCUT2D eigenvalue weighted by atomic mass is 35.5. The van der Waals surface area contributed by atoms with E-state index in [9.17, 15) is 9.50 Å². The van der Waals surface area contributed by atoms with Gasteiger partial charge in [0.1, 0.15) is 17.3 Å². The monoisotopic (exact) mass is 325 g/mol.